The average molecular weight is 329 g/mol. The van der Waals surface area contributed by atoms with Gasteiger partial charge in [-0.25, -0.2) is 4.79 Å². The number of nitro groups is 1. The number of nitrogens with one attached hydrogen (secondary N) is 2. The van der Waals surface area contributed by atoms with Crippen molar-refractivity contribution < 1.29 is 14.5 Å². The maximum atomic E-state index is 11.8. The molecule has 0 fully saturated rings. The molecule has 126 valence electrons. The SMILES string of the molecule is Cc1ccc(OCCNC(=O)Nc2ccc([N+](=O)[O-])c(C)c2)cc1. The Bertz CT molecular complexity index is 729. The predicted octanol–water partition coefficient (Wildman–Crippen LogP) is 3.41. The highest BCUT2D eigenvalue weighted by Crippen LogP contribution is 2.21. The zero-order chi connectivity index (χ0) is 17.5. The minimum absolute atomic E-state index is 0.0208. The first kappa shape index (κ1) is 17.3. The fourth-order valence-electron chi connectivity index (χ4n) is 2.08. The summed E-state index contributed by atoms with van der Waals surface area (Å²) in [5.74, 6) is 0.744. The van der Waals surface area contributed by atoms with E-state index in [1.165, 1.54) is 12.1 Å². The smallest absolute Gasteiger partial charge is 0.319 e. The molecule has 2 aromatic carbocycles. The van der Waals surface area contributed by atoms with Crippen LogP contribution in [0.1, 0.15) is 11.1 Å². The lowest BCUT2D eigenvalue weighted by molar-refractivity contribution is -0.385. The van der Waals surface area contributed by atoms with Crippen LogP contribution < -0.4 is 15.4 Å². The topological polar surface area (TPSA) is 93.5 Å². The standard InChI is InChI=1S/C17H19N3O4/c1-12-3-6-15(7-4-12)24-10-9-18-17(21)19-14-5-8-16(20(22)23)13(2)11-14/h3-8,11H,9-10H2,1-2H3,(H2,18,19,21). The zero-order valence-electron chi connectivity index (χ0n) is 13.5. The normalized spacial score (nSPS) is 10.1. The van der Waals surface area contributed by atoms with Crippen LogP contribution in [0.4, 0.5) is 16.2 Å². The maximum Gasteiger partial charge on any atom is 0.319 e. The summed E-state index contributed by atoms with van der Waals surface area (Å²) < 4.78 is 5.51. The first-order chi connectivity index (χ1) is 11.5. The highest BCUT2D eigenvalue weighted by molar-refractivity contribution is 5.89. The van der Waals surface area contributed by atoms with Crippen LogP contribution in [0.15, 0.2) is 42.5 Å². The number of carbonyl (C=O) groups is 1. The second-order valence-corrected chi connectivity index (χ2v) is 5.30. The number of anilines is 1. The van der Waals surface area contributed by atoms with Crippen molar-refractivity contribution in [3.8, 4) is 5.75 Å². The number of ether oxygens (including phenoxy) is 1. The van der Waals surface area contributed by atoms with Crippen LogP contribution in [-0.4, -0.2) is 24.1 Å². The molecule has 0 spiro atoms. The van der Waals surface area contributed by atoms with Crippen LogP contribution in [0, 0.1) is 24.0 Å². The predicted molar refractivity (Wildman–Crippen MR) is 91.5 cm³/mol. The van der Waals surface area contributed by atoms with Crippen LogP contribution in [0.2, 0.25) is 0 Å². The molecule has 0 heterocycles. The average Bonchev–Trinajstić information content (AvgIpc) is 2.53. The molecule has 0 aliphatic heterocycles. The molecule has 0 unspecified atom stereocenters. The zero-order valence-corrected chi connectivity index (χ0v) is 13.5. The van der Waals surface area contributed by atoms with E-state index >= 15 is 0 Å². The Morgan fingerprint density at radius 1 is 1.17 bits per heavy atom. The van der Waals surface area contributed by atoms with Crippen molar-refractivity contribution in [3.05, 3.63) is 63.7 Å². The van der Waals surface area contributed by atoms with E-state index in [0.717, 1.165) is 11.3 Å². The van der Waals surface area contributed by atoms with E-state index in [1.54, 1.807) is 13.0 Å². The largest absolute Gasteiger partial charge is 0.492 e. The van der Waals surface area contributed by atoms with Crippen LogP contribution in [-0.2, 0) is 0 Å². The minimum Gasteiger partial charge on any atom is -0.492 e. The van der Waals surface area contributed by atoms with Crippen molar-refractivity contribution in [2.24, 2.45) is 0 Å². The third-order valence-corrected chi connectivity index (χ3v) is 3.33. The van der Waals surface area contributed by atoms with Gasteiger partial charge < -0.3 is 15.4 Å². The van der Waals surface area contributed by atoms with E-state index in [9.17, 15) is 14.9 Å². The lowest BCUT2D eigenvalue weighted by atomic mass is 10.2. The molecule has 0 saturated carbocycles. The maximum absolute atomic E-state index is 11.8. The van der Waals surface area contributed by atoms with E-state index in [-0.39, 0.29) is 5.69 Å². The van der Waals surface area contributed by atoms with E-state index in [0.29, 0.717) is 24.4 Å². The number of amides is 2. The van der Waals surface area contributed by atoms with E-state index in [4.69, 9.17) is 4.74 Å². The Balaban J connectivity index is 1.76. The summed E-state index contributed by atoms with van der Waals surface area (Å²) in [6.45, 7) is 4.30. The van der Waals surface area contributed by atoms with Gasteiger partial charge in [0.2, 0.25) is 0 Å². The summed E-state index contributed by atoms with van der Waals surface area (Å²) in [5.41, 5.74) is 2.15. The number of rotatable bonds is 6. The monoisotopic (exact) mass is 329 g/mol. The van der Waals surface area contributed by atoms with Crippen molar-refractivity contribution in [3.63, 3.8) is 0 Å². The minimum atomic E-state index is -0.457. The van der Waals surface area contributed by atoms with Crippen molar-refractivity contribution in [1.29, 1.82) is 0 Å². The number of nitrogens with zero attached hydrogens (tertiary/aromatic N) is 1. The van der Waals surface area contributed by atoms with Gasteiger partial charge in [0, 0.05) is 17.3 Å². The summed E-state index contributed by atoms with van der Waals surface area (Å²) in [7, 11) is 0. The Hall–Kier alpha value is -3.09. The third kappa shape index (κ3) is 4.98. The lowest BCUT2D eigenvalue weighted by Crippen LogP contribution is -2.32. The fourth-order valence-corrected chi connectivity index (χ4v) is 2.08. The lowest BCUT2D eigenvalue weighted by Gasteiger charge is -2.09. The van der Waals surface area contributed by atoms with E-state index < -0.39 is 11.0 Å². The number of benzene rings is 2. The molecule has 0 radical (unpaired) electrons. The van der Waals surface area contributed by atoms with Crippen LogP contribution >= 0.6 is 0 Å². The van der Waals surface area contributed by atoms with Crippen molar-refractivity contribution in [1.82, 2.24) is 5.32 Å². The van der Waals surface area contributed by atoms with Crippen molar-refractivity contribution >= 4 is 17.4 Å². The van der Waals surface area contributed by atoms with Gasteiger partial charge in [-0.15, -0.1) is 0 Å². The molecule has 0 aliphatic rings. The van der Waals surface area contributed by atoms with Crippen molar-refractivity contribution in [2.45, 2.75) is 13.8 Å². The van der Waals surface area contributed by atoms with Gasteiger partial charge in [0.05, 0.1) is 11.5 Å². The molecular formula is C17H19N3O4. The molecule has 0 saturated heterocycles. The Morgan fingerprint density at radius 3 is 2.50 bits per heavy atom. The highest BCUT2D eigenvalue weighted by atomic mass is 16.6. The molecule has 0 aromatic heterocycles. The quantitative estimate of drug-likeness (QED) is 0.482. The number of hydrogen-bond donors (Lipinski definition) is 2. The summed E-state index contributed by atoms with van der Waals surface area (Å²) in [5, 5.41) is 16.0. The molecule has 7 heteroatoms. The van der Waals surface area contributed by atoms with Gasteiger partial charge in [-0.3, -0.25) is 10.1 Å². The van der Waals surface area contributed by atoms with Gasteiger partial charge in [-0.2, -0.15) is 0 Å². The molecule has 24 heavy (non-hydrogen) atoms. The highest BCUT2D eigenvalue weighted by Gasteiger charge is 2.11. The molecule has 0 aliphatic carbocycles. The second-order valence-electron chi connectivity index (χ2n) is 5.30. The van der Waals surface area contributed by atoms with Gasteiger partial charge >= 0.3 is 6.03 Å². The van der Waals surface area contributed by atoms with Gasteiger partial charge in [0.15, 0.2) is 0 Å². The Kier molecular flexibility index (Phi) is 5.73. The fraction of sp³-hybridized carbons (Fsp3) is 0.235. The van der Waals surface area contributed by atoms with E-state index in [1.807, 2.05) is 31.2 Å². The van der Waals surface area contributed by atoms with Gasteiger partial charge in [-0.1, -0.05) is 17.7 Å². The van der Waals surface area contributed by atoms with Crippen LogP contribution in [0.5, 0.6) is 5.75 Å². The van der Waals surface area contributed by atoms with E-state index in [2.05, 4.69) is 10.6 Å². The summed E-state index contributed by atoms with van der Waals surface area (Å²) >= 11 is 0. The number of aryl methyl sites for hydroxylation is 2. The first-order valence-corrected chi connectivity index (χ1v) is 7.45. The molecule has 7 nitrogen and oxygen atoms in total. The van der Waals surface area contributed by atoms with Gasteiger partial charge in [0.1, 0.15) is 12.4 Å². The van der Waals surface area contributed by atoms with Gasteiger partial charge in [0.25, 0.3) is 5.69 Å². The molecule has 2 N–H and O–H groups in total. The first-order valence-electron chi connectivity index (χ1n) is 7.45. The molecule has 0 bridgehead atoms. The molecule has 2 aromatic rings. The van der Waals surface area contributed by atoms with Crippen molar-refractivity contribution in [2.75, 3.05) is 18.5 Å². The Labute approximate surface area is 139 Å². The number of carbonyl (C=O) groups excluding carboxylic acids is 1. The summed E-state index contributed by atoms with van der Waals surface area (Å²) in [6, 6.07) is 11.7. The van der Waals surface area contributed by atoms with Crippen LogP contribution in [0.3, 0.4) is 0 Å². The number of nitro benzene ring substituents is 1. The third-order valence-electron chi connectivity index (χ3n) is 3.33. The molecule has 0 atom stereocenters. The summed E-state index contributed by atoms with van der Waals surface area (Å²) in [4.78, 5) is 22.1. The molecular weight excluding hydrogens is 310 g/mol. The molecule has 2 amide bonds. The Morgan fingerprint density at radius 2 is 1.88 bits per heavy atom. The second kappa shape index (κ2) is 7.96. The van der Waals surface area contributed by atoms with Crippen LogP contribution in [0.25, 0.3) is 0 Å². The summed E-state index contributed by atoms with van der Waals surface area (Å²) in [6.07, 6.45) is 0. The van der Waals surface area contributed by atoms with Gasteiger partial charge in [-0.05, 0) is 38.1 Å². The molecule has 2 rings (SSSR count). The number of urea groups is 1. The number of hydrogen-bond acceptors (Lipinski definition) is 4.